The fraction of sp³-hybridized carbons (Fsp3) is 0.333. The topological polar surface area (TPSA) is 37.4 Å². The van der Waals surface area contributed by atoms with E-state index >= 15 is 0 Å². The van der Waals surface area contributed by atoms with Gasteiger partial charge in [-0.15, -0.1) is 0 Å². The molecule has 0 spiro atoms. The summed E-state index contributed by atoms with van der Waals surface area (Å²) in [5.74, 6) is 0.404. The van der Waals surface area contributed by atoms with Crippen molar-refractivity contribution in [1.29, 1.82) is 0 Å². The molecule has 0 radical (unpaired) electrons. The number of benzene rings is 2. The maximum Gasteiger partial charge on any atom is 0.245 e. The lowest BCUT2D eigenvalue weighted by molar-refractivity contribution is 0.303. The standard InChI is InChI=1S/C18H19Cl2NO2S/c1-13(15-10-11-15)21(12-14-6-3-2-4-7-14)24(22,23)17-9-5-8-16(19)18(17)20/h2-9,13,15H,10-12H2,1H3/t13-/m0/s1. The van der Waals surface area contributed by atoms with Gasteiger partial charge >= 0.3 is 0 Å². The summed E-state index contributed by atoms with van der Waals surface area (Å²) in [6, 6.07) is 14.2. The van der Waals surface area contributed by atoms with E-state index in [1.807, 2.05) is 37.3 Å². The van der Waals surface area contributed by atoms with Crippen LogP contribution in [0.3, 0.4) is 0 Å². The van der Waals surface area contributed by atoms with Crippen molar-refractivity contribution in [1.82, 2.24) is 4.31 Å². The first-order valence-electron chi connectivity index (χ1n) is 7.91. The highest BCUT2D eigenvalue weighted by Crippen LogP contribution is 2.39. The van der Waals surface area contributed by atoms with Crippen LogP contribution < -0.4 is 0 Å². The van der Waals surface area contributed by atoms with Crippen molar-refractivity contribution >= 4 is 33.2 Å². The molecule has 1 aliphatic rings. The third kappa shape index (κ3) is 3.62. The Morgan fingerprint density at radius 2 is 1.75 bits per heavy atom. The molecule has 2 aromatic rings. The van der Waals surface area contributed by atoms with Crippen LogP contribution in [0.5, 0.6) is 0 Å². The van der Waals surface area contributed by atoms with Crippen molar-refractivity contribution < 1.29 is 8.42 Å². The molecule has 3 nitrogen and oxygen atoms in total. The van der Waals surface area contributed by atoms with E-state index in [4.69, 9.17) is 23.2 Å². The molecule has 0 aromatic heterocycles. The Labute approximate surface area is 153 Å². The van der Waals surface area contributed by atoms with E-state index in [0.29, 0.717) is 12.5 Å². The van der Waals surface area contributed by atoms with Gasteiger partial charge in [0.15, 0.2) is 0 Å². The minimum absolute atomic E-state index is 0.0695. The van der Waals surface area contributed by atoms with Crippen molar-refractivity contribution in [2.24, 2.45) is 5.92 Å². The molecule has 1 atom stereocenters. The second-order valence-corrected chi connectivity index (χ2v) is 8.81. The SMILES string of the molecule is C[C@@H](C1CC1)N(Cc1ccccc1)S(=O)(=O)c1cccc(Cl)c1Cl. The number of sulfonamides is 1. The van der Waals surface area contributed by atoms with Crippen LogP contribution in [0.25, 0.3) is 0 Å². The van der Waals surface area contributed by atoms with Crippen LogP contribution in [-0.2, 0) is 16.6 Å². The lowest BCUT2D eigenvalue weighted by Crippen LogP contribution is -2.39. The first-order chi connectivity index (χ1) is 11.4. The third-order valence-electron chi connectivity index (χ3n) is 4.44. The summed E-state index contributed by atoms with van der Waals surface area (Å²) in [6.07, 6.45) is 2.12. The smallest absolute Gasteiger partial charge is 0.207 e. The summed E-state index contributed by atoms with van der Waals surface area (Å²) >= 11 is 12.2. The summed E-state index contributed by atoms with van der Waals surface area (Å²) in [5.41, 5.74) is 0.951. The third-order valence-corrected chi connectivity index (χ3v) is 7.35. The highest BCUT2D eigenvalue weighted by atomic mass is 35.5. The summed E-state index contributed by atoms with van der Waals surface area (Å²) < 4.78 is 28.1. The van der Waals surface area contributed by atoms with Gasteiger partial charge in [0, 0.05) is 12.6 Å². The molecular formula is C18H19Cl2NO2S. The number of hydrogen-bond acceptors (Lipinski definition) is 2. The van der Waals surface area contributed by atoms with E-state index in [-0.39, 0.29) is 21.0 Å². The minimum atomic E-state index is -3.74. The fourth-order valence-electron chi connectivity index (χ4n) is 2.83. The van der Waals surface area contributed by atoms with Gasteiger partial charge in [-0.3, -0.25) is 0 Å². The quantitative estimate of drug-likeness (QED) is 0.704. The fourth-order valence-corrected chi connectivity index (χ4v) is 5.25. The molecular weight excluding hydrogens is 365 g/mol. The zero-order valence-corrected chi connectivity index (χ0v) is 15.7. The summed E-state index contributed by atoms with van der Waals surface area (Å²) in [5, 5.41) is 0.330. The molecule has 0 unspecified atom stereocenters. The average Bonchev–Trinajstić information content (AvgIpc) is 3.40. The van der Waals surface area contributed by atoms with E-state index in [1.165, 1.54) is 6.07 Å². The Kier molecular flexibility index (Phi) is 5.21. The van der Waals surface area contributed by atoms with Crippen molar-refractivity contribution in [2.45, 2.75) is 37.2 Å². The molecule has 1 aliphatic carbocycles. The summed E-state index contributed by atoms with van der Waals surface area (Å²) in [4.78, 5) is 0.0695. The predicted molar refractivity (Wildman–Crippen MR) is 97.8 cm³/mol. The van der Waals surface area contributed by atoms with Crippen molar-refractivity contribution in [3.05, 3.63) is 64.1 Å². The van der Waals surface area contributed by atoms with Crippen LogP contribution in [0.2, 0.25) is 10.0 Å². The molecule has 2 aromatic carbocycles. The van der Waals surface area contributed by atoms with Crippen molar-refractivity contribution in [2.75, 3.05) is 0 Å². The van der Waals surface area contributed by atoms with Gasteiger partial charge in [0.05, 0.1) is 10.0 Å². The van der Waals surface area contributed by atoms with Crippen LogP contribution >= 0.6 is 23.2 Å². The van der Waals surface area contributed by atoms with E-state index in [2.05, 4.69) is 0 Å². The number of nitrogens with zero attached hydrogens (tertiary/aromatic N) is 1. The van der Waals surface area contributed by atoms with Crippen LogP contribution in [-0.4, -0.2) is 18.8 Å². The Morgan fingerprint density at radius 1 is 1.08 bits per heavy atom. The second-order valence-electron chi connectivity index (χ2n) is 6.17. The van der Waals surface area contributed by atoms with Crippen molar-refractivity contribution in [3.63, 3.8) is 0 Å². The lowest BCUT2D eigenvalue weighted by atomic mass is 10.2. The number of hydrogen-bond donors (Lipinski definition) is 0. The van der Waals surface area contributed by atoms with Crippen LogP contribution in [0.4, 0.5) is 0 Å². The van der Waals surface area contributed by atoms with Crippen LogP contribution in [0.15, 0.2) is 53.4 Å². The molecule has 0 bridgehead atoms. The molecule has 1 fully saturated rings. The molecule has 0 heterocycles. The molecule has 128 valence electrons. The minimum Gasteiger partial charge on any atom is -0.207 e. The molecule has 0 aliphatic heterocycles. The van der Waals surface area contributed by atoms with Gasteiger partial charge in [0.1, 0.15) is 4.90 Å². The number of halogens is 2. The van der Waals surface area contributed by atoms with Gasteiger partial charge < -0.3 is 0 Å². The zero-order chi connectivity index (χ0) is 17.3. The first kappa shape index (κ1) is 17.7. The van der Waals surface area contributed by atoms with Gasteiger partial charge in [0.2, 0.25) is 10.0 Å². The molecule has 0 amide bonds. The second kappa shape index (κ2) is 7.04. The van der Waals surface area contributed by atoms with Gasteiger partial charge in [-0.2, -0.15) is 4.31 Å². The Hall–Kier alpha value is -1.07. The average molecular weight is 384 g/mol. The molecule has 0 saturated heterocycles. The van der Waals surface area contributed by atoms with E-state index in [1.54, 1.807) is 16.4 Å². The van der Waals surface area contributed by atoms with Gasteiger partial charge in [-0.05, 0) is 43.4 Å². The highest BCUT2D eigenvalue weighted by molar-refractivity contribution is 7.89. The zero-order valence-electron chi connectivity index (χ0n) is 13.3. The van der Waals surface area contributed by atoms with E-state index in [9.17, 15) is 8.42 Å². The maximum absolute atomic E-state index is 13.3. The Balaban J connectivity index is 2.01. The van der Waals surface area contributed by atoms with Gasteiger partial charge in [0.25, 0.3) is 0 Å². The van der Waals surface area contributed by atoms with Gasteiger partial charge in [-0.25, -0.2) is 8.42 Å². The molecule has 3 rings (SSSR count). The summed E-state index contributed by atoms with van der Waals surface area (Å²) in [7, 11) is -3.74. The lowest BCUT2D eigenvalue weighted by Gasteiger charge is -2.29. The monoisotopic (exact) mass is 383 g/mol. The largest absolute Gasteiger partial charge is 0.245 e. The van der Waals surface area contributed by atoms with E-state index in [0.717, 1.165) is 18.4 Å². The van der Waals surface area contributed by atoms with Gasteiger partial charge in [-0.1, -0.05) is 59.6 Å². The number of rotatable bonds is 6. The highest BCUT2D eigenvalue weighted by Gasteiger charge is 2.39. The first-order valence-corrected chi connectivity index (χ1v) is 10.1. The molecule has 1 saturated carbocycles. The normalized spacial score (nSPS) is 16.3. The van der Waals surface area contributed by atoms with Crippen LogP contribution in [0.1, 0.15) is 25.3 Å². The van der Waals surface area contributed by atoms with E-state index < -0.39 is 10.0 Å². The Bertz CT molecular complexity index is 820. The predicted octanol–water partition coefficient (Wildman–Crippen LogP) is 4.98. The van der Waals surface area contributed by atoms with Crippen molar-refractivity contribution in [3.8, 4) is 0 Å². The summed E-state index contributed by atoms with van der Waals surface area (Å²) in [6.45, 7) is 2.29. The maximum atomic E-state index is 13.3. The molecule has 24 heavy (non-hydrogen) atoms. The van der Waals surface area contributed by atoms with Crippen LogP contribution in [0, 0.1) is 5.92 Å². The molecule has 6 heteroatoms. The molecule has 0 N–H and O–H groups in total. The Morgan fingerprint density at radius 3 is 2.38 bits per heavy atom.